The molecule has 0 fully saturated rings. The second kappa shape index (κ2) is 8.19. The first kappa shape index (κ1) is 22.7. The predicted molar refractivity (Wildman–Crippen MR) is 78.7 cm³/mol. The van der Waals surface area contributed by atoms with Crippen molar-refractivity contribution in [3.63, 3.8) is 0 Å². The average molecular weight is 370 g/mol. The number of carbonyl (C=O) groups excluding carboxylic acids is 1. The van der Waals surface area contributed by atoms with Crippen LogP contribution in [-0.2, 0) is 14.9 Å². The Hall–Kier alpha value is -0.294. The summed E-state index contributed by atoms with van der Waals surface area (Å²) in [6.07, 6.45) is 0. The van der Waals surface area contributed by atoms with E-state index in [0.717, 1.165) is 18.2 Å². The largest absolute Gasteiger partial charge is 1.00 e. The van der Waals surface area contributed by atoms with E-state index in [4.69, 9.17) is 9.84 Å². The van der Waals surface area contributed by atoms with Gasteiger partial charge in [0.2, 0.25) is 0 Å². The smallest absolute Gasteiger partial charge is 1.00 e. The van der Waals surface area contributed by atoms with Gasteiger partial charge in [-0.1, -0.05) is 13.8 Å². The quantitative estimate of drug-likeness (QED) is 0.401. The van der Waals surface area contributed by atoms with E-state index in [1.165, 1.54) is 0 Å². The number of aromatic carboxylic acids is 1. The molecule has 1 rings (SSSR count). The molecule has 0 aliphatic heterocycles. The third kappa shape index (κ3) is 5.93. The van der Waals surface area contributed by atoms with E-state index in [2.05, 4.69) is 0 Å². The summed E-state index contributed by atoms with van der Waals surface area (Å²) in [5.41, 5.74) is -1.65. The average Bonchev–Trinajstić information content (AvgIpc) is 2.36. The molecule has 0 saturated carbocycles. The molecule has 0 aliphatic rings. The molecule has 0 saturated heterocycles. The van der Waals surface area contributed by atoms with Gasteiger partial charge in [0.15, 0.2) is 0 Å². The Bertz CT molecular complexity index is 714. The van der Waals surface area contributed by atoms with Crippen molar-refractivity contribution >= 4 is 22.1 Å². The molecule has 23 heavy (non-hydrogen) atoms. The summed E-state index contributed by atoms with van der Waals surface area (Å²) in [4.78, 5) is 22.3. The van der Waals surface area contributed by atoms with E-state index in [-0.39, 0.29) is 64.3 Å². The van der Waals surface area contributed by atoms with Crippen LogP contribution >= 0.6 is 0 Å². The van der Waals surface area contributed by atoms with Crippen LogP contribution in [0.3, 0.4) is 0 Å². The van der Waals surface area contributed by atoms with Crippen LogP contribution in [0.5, 0.6) is 0 Å². The molecule has 1 aromatic rings. The summed E-state index contributed by atoms with van der Waals surface area (Å²) in [5.74, 6) is -2.38. The third-order valence-electron chi connectivity index (χ3n) is 3.47. The fourth-order valence-corrected chi connectivity index (χ4v) is 2.15. The van der Waals surface area contributed by atoms with Crippen molar-refractivity contribution in [3.8, 4) is 0 Å². The summed E-state index contributed by atoms with van der Waals surface area (Å²) in [6, 6.07) is 2.79. The van der Waals surface area contributed by atoms with Gasteiger partial charge in [0, 0.05) is 0 Å². The van der Waals surface area contributed by atoms with E-state index in [9.17, 15) is 22.6 Å². The van der Waals surface area contributed by atoms with E-state index >= 15 is 0 Å². The SMILES string of the molecule is CC(C)C(C)(C)OC(=O)c1ccc(C(=O)O)cc1S(=O)(=O)O.[H-].[K+]. The standard InChI is InChI=1S/C14H18O7S.K.H/c1-8(2)14(3,4)21-13(17)10-6-5-9(12(15)16)7-11(10)22(18,19)20;;/h5-8H,1-4H3,(H,15,16)(H,18,19,20);;/q;+1;-1. The zero-order valence-corrected chi connectivity index (χ0v) is 17.6. The van der Waals surface area contributed by atoms with Crippen LogP contribution in [0.1, 0.15) is 49.8 Å². The third-order valence-corrected chi connectivity index (χ3v) is 4.37. The molecular weight excluding hydrogens is 351 g/mol. The Morgan fingerprint density at radius 1 is 1.26 bits per heavy atom. The molecule has 124 valence electrons. The number of hydrogen-bond acceptors (Lipinski definition) is 5. The number of hydrogen-bond donors (Lipinski definition) is 2. The molecule has 0 aromatic heterocycles. The fraction of sp³-hybridized carbons (Fsp3) is 0.429. The number of esters is 1. The van der Waals surface area contributed by atoms with Gasteiger partial charge in [-0.25, -0.2) is 9.59 Å². The molecule has 0 amide bonds. The van der Waals surface area contributed by atoms with Crippen molar-refractivity contribution in [2.75, 3.05) is 0 Å². The van der Waals surface area contributed by atoms with E-state index < -0.39 is 38.1 Å². The molecule has 0 heterocycles. The normalized spacial score (nSPS) is 11.7. The summed E-state index contributed by atoms with van der Waals surface area (Å²) in [7, 11) is -4.77. The maximum atomic E-state index is 12.2. The first-order valence-corrected chi connectivity index (χ1v) is 7.88. The van der Waals surface area contributed by atoms with E-state index in [1.807, 2.05) is 13.8 Å². The Morgan fingerprint density at radius 3 is 2.17 bits per heavy atom. The van der Waals surface area contributed by atoms with Gasteiger partial charge in [0.25, 0.3) is 10.1 Å². The number of rotatable bonds is 5. The minimum atomic E-state index is -4.77. The molecule has 0 bridgehead atoms. The number of carboxylic acid groups (broad SMARTS) is 1. The first-order valence-electron chi connectivity index (χ1n) is 6.44. The molecule has 0 radical (unpaired) electrons. The molecular formula is C14H19KO7S. The molecule has 0 spiro atoms. The Balaban J connectivity index is 0. The van der Waals surface area contributed by atoms with Gasteiger partial charge in [0.05, 0.1) is 11.1 Å². The zero-order chi connectivity index (χ0) is 17.3. The van der Waals surface area contributed by atoms with Crippen molar-refractivity contribution in [2.45, 2.75) is 38.2 Å². The Morgan fingerprint density at radius 2 is 1.78 bits per heavy atom. The number of carbonyl (C=O) groups is 2. The monoisotopic (exact) mass is 370 g/mol. The van der Waals surface area contributed by atoms with Crippen molar-refractivity contribution in [1.29, 1.82) is 0 Å². The summed E-state index contributed by atoms with van der Waals surface area (Å²) in [6.45, 7) is 6.97. The number of benzene rings is 1. The maximum Gasteiger partial charge on any atom is 1.00 e. The second-order valence-electron chi connectivity index (χ2n) is 5.64. The molecule has 0 atom stereocenters. The van der Waals surface area contributed by atoms with Gasteiger partial charge in [-0.05, 0) is 38.0 Å². The van der Waals surface area contributed by atoms with Crippen LogP contribution in [0.25, 0.3) is 0 Å². The summed E-state index contributed by atoms with van der Waals surface area (Å²) < 4.78 is 37.2. The zero-order valence-electron chi connectivity index (χ0n) is 14.7. The molecule has 7 nitrogen and oxygen atoms in total. The van der Waals surface area contributed by atoms with Crippen LogP contribution in [0.2, 0.25) is 0 Å². The van der Waals surface area contributed by atoms with Crippen LogP contribution in [0.4, 0.5) is 0 Å². The topological polar surface area (TPSA) is 118 Å². The molecule has 1 aromatic carbocycles. The number of carboxylic acids is 1. The Kier molecular flexibility index (Phi) is 8.09. The van der Waals surface area contributed by atoms with Crippen LogP contribution in [0, 0.1) is 5.92 Å². The van der Waals surface area contributed by atoms with Crippen LogP contribution < -0.4 is 51.4 Å². The van der Waals surface area contributed by atoms with Gasteiger partial charge in [-0.15, -0.1) is 0 Å². The summed E-state index contributed by atoms with van der Waals surface area (Å²) >= 11 is 0. The van der Waals surface area contributed by atoms with Crippen molar-refractivity contribution in [2.24, 2.45) is 5.92 Å². The number of ether oxygens (including phenoxy) is 1. The van der Waals surface area contributed by atoms with Gasteiger partial charge >= 0.3 is 63.3 Å². The molecule has 9 heteroatoms. The summed E-state index contributed by atoms with van der Waals surface area (Å²) in [5, 5.41) is 8.87. The van der Waals surface area contributed by atoms with Gasteiger partial charge in [-0.3, -0.25) is 4.55 Å². The molecule has 2 N–H and O–H groups in total. The van der Waals surface area contributed by atoms with Crippen LogP contribution in [-0.4, -0.2) is 35.6 Å². The van der Waals surface area contributed by atoms with Gasteiger partial charge in [-0.2, -0.15) is 8.42 Å². The minimum absolute atomic E-state index is 0. The minimum Gasteiger partial charge on any atom is -1.00 e. The van der Waals surface area contributed by atoms with Gasteiger partial charge < -0.3 is 11.3 Å². The fourth-order valence-electron chi connectivity index (χ4n) is 1.45. The van der Waals surface area contributed by atoms with Crippen molar-refractivity contribution in [3.05, 3.63) is 29.3 Å². The van der Waals surface area contributed by atoms with E-state index in [1.54, 1.807) is 13.8 Å². The Labute approximate surface area is 179 Å². The van der Waals surface area contributed by atoms with Crippen molar-refractivity contribution in [1.82, 2.24) is 0 Å². The van der Waals surface area contributed by atoms with E-state index in [0.29, 0.717) is 0 Å². The van der Waals surface area contributed by atoms with Gasteiger partial charge in [0.1, 0.15) is 10.5 Å². The molecule has 0 unspecified atom stereocenters. The maximum absolute atomic E-state index is 12.2. The van der Waals surface area contributed by atoms with Crippen molar-refractivity contribution < 1.29 is 85.2 Å². The second-order valence-corrected chi connectivity index (χ2v) is 7.03. The predicted octanol–water partition coefficient (Wildman–Crippen LogP) is -0.661. The molecule has 0 aliphatic carbocycles. The first-order chi connectivity index (χ1) is 9.86. The van der Waals surface area contributed by atoms with Crippen LogP contribution in [0.15, 0.2) is 23.1 Å².